The molecule has 0 unspecified atom stereocenters. The Labute approximate surface area is 274 Å². The van der Waals surface area contributed by atoms with Crippen molar-refractivity contribution in [2.45, 2.75) is 19.3 Å². The molecule has 1 heterocycles. The van der Waals surface area contributed by atoms with Gasteiger partial charge in [0, 0.05) is 33.4 Å². The van der Waals surface area contributed by atoms with Gasteiger partial charge >= 0.3 is 0 Å². The van der Waals surface area contributed by atoms with E-state index >= 15 is 0 Å². The van der Waals surface area contributed by atoms with Crippen molar-refractivity contribution in [1.82, 2.24) is 4.98 Å². The van der Waals surface area contributed by atoms with E-state index in [2.05, 4.69) is 164 Å². The molecule has 9 rings (SSSR count). The molecule has 8 aromatic rings. The molecule has 3 heteroatoms. The smallest absolute Gasteiger partial charge is 0.227 e. The van der Waals surface area contributed by atoms with Crippen molar-refractivity contribution in [3.05, 3.63) is 169 Å². The number of fused-ring (bicyclic) bond motifs is 6. The number of hydrogen-bond donors (Lipinski definition) is 0. The van der Waals surface area contributed by atoms with Crippen molar-refractivity contribution in [2.75, 3.05) is 4.90 Å². The largest absolute Gasteiger partial charge is 0.436 e. The molecule has 1 aliphatic rings. The number of oxazole rings is 1. The first-order valence-electron chi connectivity index (χ1n) is 16.1. The molecule has 0 N–H and O–H groups in total. The Bertz CT molecular complexity index is 2420. The number of hydrogen-bond acceptors (Lipinski definition) is 3. The Balaban J connectivity index is 1.15. The van der Waals surface area contributed by atoms with Gasteiger partial charge < -0.3 is 9.32 Å². The van der Waals surface area contributed by atoms with E-state index in [1.165, 1.54) is 33.4 Å². The molecule has 0 radical (unpaired) electrons. The lowest BCUT2D eigenvalue weighted by atomic mass is 9.82. The lowest BCUT2D eigenvalue weighted by molar-refractivity contribution is 0.620. The maximum atomic E-state index is 6.27. The number of anilines is 3. The van der Waals surface area contributed by atoms with Gasteiger partial charge in [-0.25, -0.2) is 4.98 Å². The third-order valence-electron chi connectivity index (χ3n) is 9.71. The van der Waals surface area contributed by atoms with Crippen LogP contribution in [0.2, 0.25) is 0 Å². The standard InChI is InChI=1S/C44H32N2O/c1-44(2)39-15-9-8-14-37(39)38-28-35(25-26-40(38)44)46(33-21-16-30(17-22-33)29-10-4-3-5-11-29)34-23-18-32(19-24-34)43-45-42-36-13-7-6-12-31(36)20-27-41(42)47-43/h3-28H,1-2H3. The topological polar surface area (TPSA) is 29.3 Å². The first-order chi connectivity index (χ1) is 23.0. The zero-order valence-corrected chi connectivity index (χ0v) is 26.3. The SMILES string of the molecule is CC1(C)c2ccccc2-c2cc(N(c3ccc(-c4ccccc4)cc3)c3ccc(-c4nc5c(ccc6ccccc65)o4)cc3)ccc21. The zero-order chi connectivity index (χ0) is 31.5. The molecule has 47 heavy (non-hydrogen) atoms. The van der Waals surface area contributed by atoms with Crippen molar-refractivity contribution in [2.24, 2.45) is 0 Å². The molecule has 3 nitrogen and oxygen atoms in total. The first-order valence-corrected chi connectivity index (χ1v) is 16.1. The molecule has 0 bridgehead atoms. The molecule has 0 spiro atoms. The second kappa shape index (κ2) is 10.6. The predicted octanol–water partition coefficient (Wildman–Crippen LogP) is 12.1. The van der Waals surface area contributed by atoms with Gasteiger partial charge in [-0.2, -0.15) is 0 Å². The Morgan fingerprint density at radius 2 is 1.13 bits per heavy atom. The highest BCUT2D eigenvalue weighted by molar-refractivity contribution is 6.04. The van der Waals surface area contributed by atoms with Gasteiger partial charge in [0.1, 0.15) is 5.52 Å². The fourth-order valence-corrected chi connectivity index (χ4v) is 7.27. The van der Waals surface area contributed by atoms with Gasteiger partial charge in [-0.15, -0.1) is 0 Å². The van der Waals surface area contributed by atoms with Gasteiger partial charge in [-0.05, 0) is 93.4 Å². The average Bonchev–Trinajstić information content (AvgIpc) is 3.67. The van der Waals surface area contributed by atoms with Gasteiger partial charge in [0.25, 0.3) is 0 Å². The molecular formula is C44H32N2O. The molecule has 0 saturated carbocycles. The van der Waals surface area contributed by atoms with Crippen LogP contribution in [0.15, 0.2) is 162 Å². The highest BCUT2D eigenvalue weighted by Crippen LogP contribution is 2.50. The maximum Gasteiger partial charge on any atom is 0.227 e. The molecule has 0 amide bonds. The van der Waals surface area contributed by atoms with E-state index in [1.807, 2.05) is 12.1 Å². The highest BCUT2D eigenvalue weighted by Gasteiger charge is 2.35. The lowest BCUT2D eigenvalue weighted by Crippen LogP contribution is -2.15. The monoisotopic (exact) mass is 604 g/mol. The molecule has 1 aromatic heterocycles. The van der Waals surface area contributed by atoms with Crippen molar-refractivity contribution >= 4 is 38.9 Å². The third-order valence-corrected chi connectivity index (χ3v) is 9.71. The highest BCUT2D eigenvalue weighted by atomic mass is 16.3. The van der Waals surface area contributed by atoms with Crippen LogP contribution >= 0.6 is 0 Å². The molecule has 0 atom stereocenters. The van der Waals surface area contributed by atoms with Crippen LogP contribution in [0.3, 0.4) is 0 Å². The van der Waals surface area contributed by atoms with Crippen LogP contribution in [0.5, 0.6) is 0 Å². The van der Waals surface area contributed by atoms with Crippen LogP contribution in [0.1, 0.15) is 25.0 Å². The summed E-state index contributed by atoms with van der Waals surface area (Å²) in [5, 5.41) is 2.26. The number of rotatable bonds is 5. The summed E-state index contributed by atoms with van der Waals surface area (Å²) in [5.41, 5.74) is 13.6. The van der Waals surface area contributed by atoms with Crippen molar-refractivity contribution < 1.29 is 4.42 Å². The Morgan fingerprint density at radius 3 is 1.91 bits per heavy atom. The summed E-state index contributed by atoms with van der Waals surface area (Å²) in [5.74, 6) is 0.623. The van der Waals surface area contributed by atoms with Crippen LogP contribution in [0.4, 0.5) is 17.1 Å². The minimum absolute atomic E-state index is 0.0425. The van der Waals surface area contributed by atoms with E-state index in [0.29, 0.717) is 5.89 Å². The van der Waals surface area contributed by atoms with Crippen molar-refractivity contribution in [3.8, 4) is 33.7 Å². The van der Waals surface area contributed by atoms with Gasteiger partial charge in [-0.3, -0.25) is 0 Å². The quantitative estimate of drug-likeness (QED) is 0.196. The van der Waals surface area contributed by atoms with Crippen LogP contribution in [-0.2, 0) is 5.41 Å². The number of aromatic nitrogens is 1. The molecular weight excluding hydrogens is 572 g/mol. The minimum atomic E-state index is -0.0425. The maximum absolute atomic E-state index is 6.27. The second-order valence-electron chi connectivity index (χ2n) is 12.8. The Hall–Kier alpha value is -5.93. The fraction of sp³-hybridized carbons (Fsp3) is 0.0682. The van der Waals surface area contributed by atoms with Crippen molar-refractivity contribution in [1.29, 1.82) is 0 Å². The summed E-state index contributed by atoms with van der Waals surface area (Å²) in [6.07, 6.45) is 0. The molecule has 1 aliphatic carbocycles. The third kappa shape index (κ3) is 4.46. The van der Waals surface area contributed by atoms with Crippen LogP contribution in [0, 0.1) is 0 Å². The summed E-state index contributed by atoms with van der Waals surface area (Å²) >= 11 is 0. The molecule has 0 fully saturated rings. The fourth-order valence-electron chi connectivity index (χ4n) is 7.27. The summed E-state index contributed by atoms with van der Waals surface area (Å²) in [6, 6.07) is 56.1. The van der Waals surface area contributed by atoms with E-state index in [9.17, 15) is 0 Å². The second-order valence-corrected chi connectivity index (χ2v) is 12.8. The predicted molar refractivity (Wildman–Crippen MR) is 195 cm³/mol. The van der Waals surface area contributed by atoms with Crippen LogP contribution in [0.25, 0.3) is 55.6 Å². The number of benzene rings is 7. The summed E-state index contributed by atoms with van der Waals surface area (Å²) in [7, 11) is 0. The summed E-state index contributed by atoms with van der Waals surface area (Å²) in [4.78, 5) is 7.27. The van der Waals surface area contributed by atoms with Gasteiger partial charge in [0.15, 0.2) is 5.58 Å². The molecule has 224 valence electrons. The normalized spacial score (nSPS) is 13.1. The van der Waals surface area contributed by atoms with E-state index in [4.69, 9.17) is 9.40 Å². The van der Waals surface area contributed by atoms with Crippen LogP contribution in [-0.4, -0.2) is 4.98 Å². The first kappa shape index (κ1) is 27.4. The molecule has 0 saturated heterocycles. The summed E-state index contributed by atoms with van der Waals surface area (Å²) in [6.45, 7) is 4.65. The van der Waals surface area contributed by atoms with E-state index in [1.54, 1.807) is 0 Å². The van der Waals surface area contributed by atoms with Gasteiger partial charge in [0.2, 0.25) is 5.89 Å². The Kier molecular flexibility index (Phi) is 6.16. The molecule has 0 aliphatic heterocycles. The van der Waals surface area contributed by atoms with E-state index in [-0.39, 0.29) is 5.41 Å². The van der Waals surface area contributed by atoms with Crippen molar-refractivity contribution in [3.63, 3.8) is 0 Å². The number of nitrogens with zero attached hydrogens (tertiary/aromatic N) is 2. The molecule has 7 aromatic carbocycles. The minimum Gasteiger partial charge on any atom is -0.436 e. The van der Waals surface area contributed by atoms with E-state index < -0.39 is 0 Å². The Morgan fingerprint density at radius 1 is 0.511 bits per heavy atom. The average molecular weight is 605 g/mol. The van der Waals surface area contributed by atoms with E-state index in [0.717, 1.165) is 44.5 Å². The zero-order valence-electron chi connectivity index (χ0n) is 26.3. The lowest BCUT2D eigenvalue weighted by Gasteiger charge is -2.27. The van der Waals surface area contributed by atoms with Crippen LogP contribution < -0.4 is 4.90 Å². The van der Waals surface area contributed by atoms with Gasteiger partial charge in [-0.1, -0.05) is 117 Å². The summed E-state index contributed by atoms with van der Waals surface area (Å²) < 4.78 is 6.27. The van der Waals surface area contributed by atoms with Gasteiger partial charge in [0.05, 0.1) is 0 Å².